The Morgan fingerprint density at radius 1 is 1.18 bits per heavy atom. The van der Waals surface area contributed by atoms with Gasteiger partial charge in [0.15, 0.2) is 5.84 Å². The zero-order chi connectivity index (χ0) is 11.7. The standard InChI is InChI=1S/C13H12N4/c1-9-4-5-11(8-15-9)17-13-12-10(7-16-13)3-2-6-14-12/h2-6,8H,7H2,1H3,(H,16,17). The summed E-state index contributed by atoms with van der Waals surface area (Å²) in [4.78, 5) is 13.0. The molecule has 0 saturated heterocycles. The maximum absolute atomic E-state index is 4.44. The number of hydrogen-bond acceptors (Lipinski definition) is 4. The molecule has 0 radical (unpaired) electrons. The second-order valence-corrected chi connectivity index (χ2v) is 3.99. The van der Waals surface area contributed by atoms with E-state index >= 15 is 0 Å². The van der Waals surface area contributed by atoms with Crippen molar-refractivity contribution in [2.75, 3.05) is 5.32 Å². The quantitative estimate of drug-likeness (QED) is 0.807. The Balaban J connectivity index is 1.86. The van der Waals surface area contributed by atoms with Crippen molar-refractivity contribution in [1.29, 1.82) is 0 Å². The summed E-state index contributed by atoms with van der Waals surface area (Å²) in [5, 5.41) is 3.25. The first-order valence-corrected chi connectivity index (χ1v) is 5.51. The van der Waals surface area contributed by atoms with Crippen LogP contribution in [0, 0.1) is 6.92 Å². The minimum atomic E-state index is 0.699. The summed E-state index contributed by atoms with van der Waals surface area (Å²) in [6.45, 7) is 2.67. The molecular weight excluding hydrogens is 212 g/mol. The molecular formula is C13H12N4. The number of aliphatic imine (C=N–C) groups is 1. The third-order valence-corrected chi connectivity index (χ3v) is 2.70. The highest BCUT2D eigenvalue weighted by Gasteiger charge is 2.16. The monoisotopic (exact) mass is 224 g/mol. The predicted octanol–water partition coefficient (Wildman–Crippen LogP) is 2.16. The molecule has 0 spiro atoms. The van der Waals surface area contributed by atoms with Crippen LogP contribution in [-0.4, -0.2) is 15.8 Å². The van der Waals surface area contributed by atoms with Gasteiger partial charge in [-0.25, -0.2) is 0 Å². The van der Waals surface area contributed by atoms with Crippen molar-refractivity contribution in [3.63, 3.8) is 0 Å². The fourth-order valence-corrected chi connectivity index (χ4v) is 1.80. The highest BCUT2D eigenvalue weighted by Crippen LogP contribution is 2.17. The van der Waals surface area contributed by atoms with Gasteiger partial charge >= 0.3 is 0 Å². The minimum absolute atomic E-state index is 0.699. The zero-order valence-corrected chi connectivity index (χ0v) is 9.51. The summed E-state index contributed by atoms with van der Waals surface area (Å²) in [7, 11) is 0. The Hall–Kier alpha value is -2.23. The number of pyridine rings is 2. The Bertz CT molecular complexity index is 572. The Morgan fingerprint density at radius 2 is 2.12 bits per heavy atom. The number of aryl methyl sites for hydroxylation is 1. The number of anilines is 1. The first-order valence-electron chi connectivity index (χ1n) is 5.51. The van der Waals surface area contributed by atoms with Gasteiger partial charge in [-0.2, -0.15) is 0 Å². The lowest BCUT2D eigenvalue weighted by molar-refractivity contribution is 1.09. The molecule has 4 heteroatoms. The molecule has 84 valence electrons. The van der Waals surface area contributed by atoms with Gasteiger partial charge < -0.3 is 5.32 Å². The van der Waals surface area contributed by atoms with Crippen molar-refractivity contribution in [2.24, 2.45) is 4.99 Å². The van der Waals surface area contributed by atoms with Crippen LogP contribution in [-0.2, 0) is 6.54 Å². The number of hydrogen-bond donors (Lipinski definition) is 1. The number of aromatic nitrogens is 2. The van der Waals surface area contributed by atoms with Crippen molar-refractivity contribution in [1.82, 2.24) is 9.97 Å². The van der Waals surface area contributed by atoms with E-state index in [1.165, 1.54) is 0 Å². The third kappa shape index (κ3) is 1.89. The molecule has 3 rings (SSSR count). The molecule has 0 unspecified atom stereocenters. The van der Waals surface area contributed by atoms with E-state index in [1.54, 1.807) is 12.4 Å². The molecule has 1 aliphatic rings. The van der Waals surface area contributed by atoms with E-state index in [2.05, 4.69) is 20.3 Å². The molecule has 1 aliphatic heterocycles. The summed E-state index contributed by atoms with van der Waals surface area (Å²) in [5.41, 5.74) is 4.04. The summed E-state index contributed by atoms with van der Waals surface area (Å²) in [5.74, 6) is 0.825. The van der Waals surface area contributed by atoms with E-state index in [-0.39, 0.29) is 0 Å². The van der Waals surface area contributed by atoms with E-state index in [0.717, 1.165) is 28.5 Å². The molecule has 0 aliphatic carbocycles. The van der Waals surface area contributed by atoms with Gasteiger partial charge in [-0.15, -0.1) is 0 Å². The fourth-order valence-electron chi connectivity index (χ4n) is 1.80. The molecule has 0 amide bonds. The molecule has 0 aromatic carbocycles. The van der Waals surface area contributed by atoms with Gasteiger partial charge in [-0.1, -0.05) is 6.07 Å². The highest BCUT2D eigenvalue weighted by molar-refractivity contribution is 6.09. The van der Waals surface area contributed by atoms with Crippen molar-refractivity contribution < 1.29 is 0 Å². The van der Waals surface area contributed by atoms with Crippen LogP contribution in [0.1, 0.15) is 17.0 Å². The van der Waals surface area contributed by atoms with Gasteiger partial charge in [-0.05, 0) is 25.1 Å². The maximum atomic E-state index is 4.44. The third-order valence-electron chi connectivity index (χ3n) is 2.70. The molecule has 4 nitrogen and oxygen atoms in total. The van der Waals surface area contributed by atoms with Crippen LogP contribution in [0.4, 0.5) is 5.69 Å². The van der Waals surface area contributed by atoms with E-state index in [0.29, 0.717) is 6.54 Å². The Morgan fingerprint density at radius 3 is 2.94 bits per heavy atom. The summed E-state index contributed by atoms with van der Waals surface area (Å²) < 4.78 is 0. The summed E-state index contributed by atoms with van der Waals surface area (Å²) in [6, 6.07) is 7.95. The summed E-state index contributed by atoms with van der Waals surface area (Å²) >= 11 is 0. The first kappa shape index (κ1) is 9.96. The van der Waals surface area contributed by atoms with E-state index in [4.69, 9.17) is 0 Å². The van der Waals surface area contributed by atoms with Crippen molar-refractivity contribution >= 4 is 11.5 Å². The largest absolute Gasteiger partial charge is 0.337 e. The number of nitrogens with zero attached hydrogens (tertiary/aromatic N) is 3. The fraction of sp³-hybridized carbons (Fsp3) is 0.154. The molecule has 3 heterocycles. The molecule has 1 N–H and O–H groups in total. The molecule has 0 fully saturated rings. The first-order chi connectivity index (χ1) is 8.33. The average molecular weight is 224 g/mol. The Labute approximate surface area is 99.5 Å². The van der Waals surface area contributed by atoms with Crippen molar-refractivity contribution in [3.05, 3.63) is 53.6 Å². The second kappa shape index (κ2) is 3.97. The normalized spacial score (nSPS) is 13.1. The van der Waals surface area contributed by atoms with Gasteiger partial charge in [0, 0.05) is 17.5 Å². The number of fused-ring (bicyclic) bond motifs is 1. The van der Waals surface area contributed by atoms with E-state index in [1.807, 2.05) is 31.2 Å². The summed E-state index contributed by atoms with van der Waals surface area (Å²) in [6.07, 6.45) is 3.59. The second-order valence-electron chi connectivity index (χ2n) is 3.99. The van der Waals surface area contributed by atoms with Gasteiger partial charge in [-0.3, -0.25) is 15.0 Å². The average Bonchev–Trinajstić information content (AvgIpc) is 2.76. The van der Waals surface area contributed by atoms with Crippen molar-refractivity contribution in [2.45, 2.75) is 13.5 Å². The zero-order valence-electron chi connectivity index (χ0n) is 9.51. The molecule has 2 aromatic rings. The van der Waals surface area contributed by atoms with E-state index in [9.17, 15) is 0 Å². The van der Waals surface area contributed by atoms with Crippen LogP contribution in [0.5, 0.6) is 0 Å². The molecule has 0 saturated carbocycles. The molecule has 17 heavy (non-hydrogen) atoms. The van der Waals surface area contributed by atoms with Crippen LogP contribution in [0.25, 0.3) is 0 Å². The number of rotatable bonds is 1. The van der Waals surface area contributed by atoms with Crippen LogP contribution >= 0.6 is 0 Å². The number of nitrogens with one attached hydrogen (secondary N) is 1. The Kier molecular flexibility index (Phi) is 2.33. The maximum Gasteiger partial charge on any atom is 0.152 e. The predicted molar refractivity (Wildman–Crippen MR) is 67.1 cm³/mol. The van der Waals surface area contributed by atoms with Crippen LogP contribution in [0.15, 0.2) is 41.7 Å². The molecule has 0 atom stereocenters. The van der Waals surface area contributed by atoms with Gasteiger partial charge in [0.25, 0.3) is 0 Å². The van der Waals surface area contributed by atoms with Crippen LogP contribution in [0.3, 0.4) is 0 Å². The van der Waals surface area contributed by atoms with Crippen molar-refractivity contribution in [3.8, 4) is 0 Å². The van der Waals surface area contributed by atoms with Crippen LogP contribution in [0.2, 0.25) is 0 Å². The smallest absolute Gasteiger partial charge is 0.152 e. The molecule has 2 aromatic heterocycles. The lowest BCUT2D eigenvalue weighted by Crippen LogP contribution is -2.13. The van der Waals surface area contributed by atoms with Gasteiger partial charge in [0.2, 0.25) is 0 Å². The van der Waals surface area contributed by atoms with Gasteiger partial charge in [0.05, 0.1) is 18.4 Å². The highest BCUT2D eigenvalue weighted by atomic mass is 15.0. The number of amidine groups is 1. The SMILES string of the molecule is Cc1ccc(NC2=NCc3cccnc32)cn1. The lowest BCUT2D eigenvalue weighted by atomic mass is 10.2. The van der Waals surface area contributed by atoms with E-state index < -0.39 is 0 Å². The van der Waals surface area contributed by atoms with Crippen LogP contribution < -0.4 is 5.32 Å². The van der Waals surface area contributed by atoms with Gasteiger partial charge in [0.1, 0.15) is 5.69 Å². The lowest BCUT2D eigenvalue weighted by Gasteiger charge is -2.06. The minimum Gasteiger partial charge on any atom is -0.337 e. The topological polar surface area (TPSA) is 50.2 Å². The molecule has 0 bridgehead atoms.